The second-order valence-corrected chi connectivity index (χ2v) is 4.89. The van der Waals surface area contributed by atoms with Crippen LogP contribution in [0.15, 0.2) is 66.7 Å². The zero-order chi connectivity index (χ0) is 12.8. The molecule has 0 amide bonds. The summed E-state index contributed by atoms with van der Waals surface area (Å²) in [7, 11) is 0. The van der Waals surface area contributed by atoms with Gasteiger partial charge in [-0.15, -0.1) is 0 Å². The molecule has 2 aromatic rings. The van der Waals surface area contributed by atoms with Crippen molar-refractivity contribution < 1.29 is 8.76 Å². The lowest BCUT2D eigenvalue weighted by molar-refractivity contribution is 0.531. The molecule has 0 heterocycles. The molecule has 0 aromatic heterocycles. The maximum Gasteiger partial charge on any atom is 0.0648 e. The van der Waals surface area contributed by atoms with Gasteiger partial charge in [0.1, 0.15) is 0 Å². The van der Waals surface area contributed by atoms with Gasteiger partial charge in [-0.05, 0) is 22.2 Å². The Morgan fingerprint density at radius 1 is 0.944 bits per heavy atom. The third kappa shape index (κ3) is 3.39. The van der Waals surface area contributed by atoms with Crippen molar-refractivity contribution in [3.05, 3.63) is 77.9 Å². The molecular formula is C15H13O2S-. The standard InChI is InChI=1S/C15H14O2S/c16-18(17)15(14-9-5-2-6-10-14)12-11-13-7-3-1-4-8-13/h1-12,15H,(H,16,17)/p-1/b12-11+. The van der Waals surface area contributed by atoms with Crippen molar-refractivity contribution in [3.8, 4) is 0 Å². The van der Waals surface area contributed by atoms with Crippen LogP contribution in [0.5, 0.6) is 0 Å². The minimum atomic E-state index is -2.16. The van der Waals surface area contributed by atoms with Crippen LogP contribution in [0.1, 0.15) is 16.4 Å². The van der Waals surface area contributed by atoms with Crippen LogP contribution in [0, 0.1) is 0 Å². The first-order chi connectivity index (χ1) is 8.77. The molecule has 2 aromatic carbocycles. The van der Waals surface area contributed by atoms with Crippen LogP contribution in [0.4, 0.5) is 0 Å². The Balaban J connectivity index is 2.23. The van der Waals surface area contributed by atoms with Crippen molar-refractivity contribution in [2.24, 2.45) is 0 Å². The van der Waals surface area contributed by atoms with E-state index in [0.29, 0.717) is 0 Å². The molecule has 0 N–H and O–H groups in total. The van der Waals surface area contributed by atoms with Gasteiger partial charge in [0.15, 0.2) is 0 Å². The summed E-state index contributed by atoms with van der Waals surface area (Å²) in [6, 6.07) is 18.8. The number of benzene rings is 2. The summed E-state index contributed by atoms with van der Waals surface area (Å²) in [6.07, 6.45) is 3.53. The highest BCUT2D eigenvalue weighted by molar-refractivity contribution is 7.79. The fourth-order valence-corrected chi connectivity index (χ4v) is 2.28. The zero-order valence-corrected chi connectivity index (χ0v) is 10.5. The molecule has 3 heteroatoms. The van der Waals surface area contributed by atoms with Gasteiger partial charge in [0.2, 0.25) is 0 Å². The van der Waals surface area contributed by atoms with E-state index < -0.39 is 16.3 Å². The summed E-state index contributed by atoms with van der Waals surface area (Å²) in [5.74, 6) is 0. The third-order valence-corrected chi connectivity index (χ3v) is 3.44. The van der Waals surface area contributed by atoms with Gasteiger partial charge >= 0.3 is 0 Å². The molecule has 2 unspecified atom stereocenters. The highest BCUT2D eigenvalue weighted by Crippen LogP contribution is 2.21. The van der Waals surface area contributed by atoms with Gasteiger partial charge in [0.25, 0.3) is 0 Å². The van der Waals surface area contributed by atoms with Gasteiger partial charge in [-0.2, -0.15) is 0 Å². The lowest BCUT2D eigenvalue weighted by Crippen LogP contribution is -2.02. The highest BCUT2D eigenvalue weighted by atomic mass is 32.2. The molecule has 0 saturated carbocycles. The third-order valence-electron chi connectivity index (χ3n) is 2.60. The van der Waals surface area contributed by atoms with Gasteiger partial charge in [-0.25, -0.2) is 0 Å². The van der Waals surface area contributed by atoms with Crippen LogP contribution in [0.3, 0.4) is 0 Å². The molecule has 0 fully saturated rings. The Bertz CT molecular complexity index is 535. The normalized spacial score (nSPS) is 14.5. The summed E-state index contributed by atoms with van der Waals surface area (Å²) in [4.78, 5) is 0. The smallest absolute Gasteiger partial charge is 0.0648 e. The van der Waals surface area contributed by atoms with Gasteiger partial charge in [-0.1, -0.05) is 72.8 Å². The topological polar surface area (TPSA) is 40.1 Å². The highest BCUT2D eigenvalue weighted by Gasteiger charge is 2.07. The lowest BCUT2D eigenvalue weighted by Gasteiger charge is -2.16. The minimum absolute atomic E-state index is 0.605. The summed E-state index contributed by atoms with van der Waals surface area (Å²) in [5.41, 5.74) is 1.77. The molecule has 0 aliphatic heterocycles. The average molecular weight is 257 g/mol. The van der Waals surface area contributed by atoms with E-state index in [-0.39, 0.29) is 0 Å². The van der Waals surface area contributed by atoms with Crippen LogP contribution in [-0.2, 0) is 11.1 Å². The van der Waals surface area contributed by atoms with Crippen LogP contribution in [0.2, 0.25) is 0 Å². The van der Waals surface area contributed by atoms with Crippen molar-refractivity contribution in [2.45, 2.75) is 5.25 Å². The predicted molar refractivity (Wildman–Crippen MR) is 73.6 cm³/mol. The van der Waals surface area contributed by atoms with E-state index >= 15 is 0 Å². The Morgan fingerprint density at radius 3 is 2.06 bits per heavy atom. The van der Waals surface area contributed by atoms with Crippen molar-refractivity contribution in [1.29, 1.82) is 0 Å². The monoisotopic (exact) mass is 257 g/mol. The van der Waals surface area contributed by atoms with E-state index in [1.807, 2.05) is 66.7 Å². The fraction of sp³-hybridized carbons (Fsp3) is 0.0667. The molecule has 2 nitrogen and oxygen atoms in total. The van der Waals surface area contributed by atoms with Crippen LogP contribution < -0.4 is 0 Å². The molecule has 0 spiro atoms. The molecule has 2 atom stereocenters. The summed E-state index contributed by atoms with van der Waals surface area (Å²) >= 11 is -2.16. The summed E-state index contributed by atoms with van der Waals surface area (Å²) in [6.45, 7) is 0. The van der Waals surface area contributed by atoms with E-state index in [0.717, 1.165) is 11.1 Å². The summed E-state index contributed by atoms with van der Waals surface area (Å²) < 4.78 is 22.5. The maximum atomic E-state index is 11.3. The molecular weight excluding hydrogens is 244 g/mol. The minimum Gasteiger partial charge on any atom is -0.772 e. The molecule has 0 aliphatic carbocycles. The Morgan fingerprint density at radius 2 is 1.50 bits per heavy atom. The second kappa shape index (κ2) is 6.28. The first-order valence-corrected chi connectivity index (χ1v) is 6.77. The van der Waals surface area contributed by atoms with Crippen LogP contribution >= 0.6 is 0 Å². The van der Waals surface area contributed by atoms with Crippen LogP contribution in [0.25, 0.3) is 6.08 Å². The molecule has 18 heavy (non-hydrogen) atoms. The van der Waals surface area contributed by atoms with E-state index in [2.05, 4.69) is 0 Å². The van der Waals surface area contributed by atoms with Gasteiger partial charge in [0, 0.05) is 0 Å². The SMILES string of the molecule is O=S([O-])C(/C=C/c1ccccc1)c1ccccc1. The van der Waals surface area contributed by atoms with E-state index in [1.165, 1.54) is 0 Å². The van der Waals surface area contributed by atoms with Gasteiger partial charge < -0.3 is 4.55 Å². The zero-order valence-electron chi connectivity index (χ0n) is 9.73. The van der Waals surface area contributed by atoms with Crippen LogP contribution in [-0.4, -0.2) is 8.76 Å². The second-order valence-electron chi connectivity index (χ2n) is 3.86. The predicted octanol–water partition coefficient (Wildman–Crippen LogP) is 3.32. The summed E-state index contributed by atoms with van der Waals surface area (Å²) in [5, 5.41) is -0.605. The van der Waals surface area contributed by atoms with E-state index in [4.69, 9.17) is 0 Å². The average Bonchev–Trinajstić information content (AvgIpc) is 2.41. The van der Waals surface area contributed by atoms with Gasteiger partial charge in [-0.3, -0.25) is 4.21 Å². The first-order valence-electron chi connectivity index (χ1n) is 5.63. The van der Waals surface area contributed by atoms with Crippen molar-refractivity contribution in [2.75, 3.05) is 0 Å². The van der Waals surface area contributed by atoms with E-state index in [9.17, 15) is 8.76 Å². The number of hydrogen-bond donors (Lipinski definition) is 0. The fourth-order valence-electron chi connectivity index (χ4n) is 1.69. The van der Waals surface area contributed by atoms with E-state index in [1.54, 1.807) is 6.08 Å². The molecule has 2 rings (SSSR count). The van der Waals surface area contributed by atoms with Gasteiger partial charge in [0.05, 0.1) is 5.25 Å². The number of hydrogen-bond acceptors (Lipinski definition) is 2. The molecule has 0 radical (unpaired) electrons. The Labute approximate surface area is 109 Å². The largest absolute Gasteiger partial charge is 0.772 e. The van der Waals surface area contributed by atoms with Crippen molar-refractivity contribution in [3.63, 3.8) is 0 Å². The lowest BCUT2D eigenvalue weighted by atomic mass is 10.1. The Hall–Kier alpha value is -1.71. The first kappa shape index (κ1) is 12.7. The Kier molecular flexibility index (Phi) is 4.45. The molecule has 92 valence electrons. The van der Waals surface area contributed by atoms with Crippen molar-refractivity contribution in [1.82, 2.24) is 0 Å². The number of rotatable bonds is 4. The molecule has 0 saturated heterocycles. The quantitative estimate of drug-likeness (QED) is 0.788. The molecule has 0 bridgehead atoms. The maximum absolute atomic E-state index is 11.3. The van der Waals surface area contributed by atoms with Crippen molar-refractivity contribution >= 4 is 17.2 Å². The molecule has 0 aliphatic rings.